The average molecular weight is 248 g/mol. The molecule has 0 aliphatic heterocycles. The first-order valence-electron chi connectivity index (χ1n) is 4.76. The highest BCUT2D eigenvalue weighted by Gasteiger charge is 2.12. The Morgan fingerprint density at radius 2 is 2.00 bits per heavy atom. The standard InChI is InChI=1S/C12H8O4S/c13-9(4-3-8-2-1-7-17-8)10-5-6-11(16-10)12(14)15/h1-7H,(H,14,15)/b4-3+. The molecule has 2 aromatic rings. The predicted octanol–water partition coefficient (Wildman–Crippen LogP) is 2.94. The van der Waals surface area contributed by atoms with Crippen molar-refractivity contribution in [3.05, 3.63) is 52.1 Å². The summed E-state index contributed by atoms with van der Waals surface area (Å²) in [5.74, 6) is -1.76. The van der Waals surface area contributed by atoms with E-state index in [1.165, 1.54) is 29.5 Å². The van der Waals surface area contributed by atoms with E-state index in [0.29, 0.717) is 0 Å². The fraction of sp³-hybridized carbons (Fsp3) is 0. The SMILES string of the molecule is O=C(O)c1ccc(C(=O)/C=C/c2cccs2)o1. The molecule has 2 aromatic heterocycles. The molecule has 0 aliphatic rings. The maximum Gasteiger partial charge on any atom is 0.371 e. The minimum absolute atomic E-state index is 0.0233. The molecule has 0 atom stereocenters. The van der Waals surface area contributed by atoms with Crippen molar-refractivity contribution in [1.29, 1.82) is 0 Å². The van der Waals surface area contributed by atoms with Gasteiger partial charge in [-0.25, -0.2) is 4.79 Å². The fourth-order valence-corrected chi connectivity index (χ4v) is 1.83. The van der Waals surface area contributed by atoms with Crippen LogP contribution in [0.1, 0.15) is 26.0 Å². The van der Waals surface area contributed by atoms with E-state index in [1.54, 1.807) is 6.08 Å². The van der Waals surface area contributed by atoms with Crippen LogP contribution in [0, 0.1) is 0 Å². The van der Waals surface area contributed by atoms with Crippen LogP contribution < -0.4 is 0 Å². The molecule has 17 heavy (non-hydrogen) atoms. The number of carbonyl (C=O) groups excluding carboxylic acids is 1. The van der Waals surface area contributed by atoms with Crippen LogP contribution in [-0.4, -0.2) is 16.9 Å². The van der Waals surface area contributed by atoms with Crippen molar-refractivity contribution in [2.75, 3.05) is 0 Å². The Kier molecular flexibility index (Phi) is 3.20. The van der Waals surface area contributed by atoms with Gasteiger partial charge in [0.15, 0.2) is 5.76 Å². The second-order valence-electron chi connectivity index (χ2n) is 3.18. The van der Waals surface area contributed by atoms with Gasteiger partial charge in [0.05, 0.1) is 0 Å². The minimum atomic E-state index is -1.19. The molecular weight excluding hydrogens is 240 g/mol. The van der Waals surface area contributed by atoms with E-state index in [4.69, 9.17) is 9.52 Å². The normalized spacial score (nSPS) is 10.8. The topological polar surface area (TPSA) is 67.5 Å². The van der Waals surface area contributed by atoms with E-state index in [0.717, 1.165) is 4.88 Å². The van der Waals surface area contributed by atoms with Gasteiger partial charge in [0.2, 0.25) is 11.5 Å². The molecule has 5 heteroatoms. The average Bonchev–Trinajstić information content (AvgIpc) is 2.96. The van der Waals surface area contributed by atoms with E-state index in [9.17, 15) is 9.59 Å². The van der Waals surface area contributed by atoms with E-state index in [1.807, 2.05) is 17.5 Å². The zero-order valence-electron chi connectivity index (χ0n) is 8.62. The lowest BCUT2D eigenvalue weighted by Gasteiger charge is -1.88. The van der Waals surface area contributed by atoms with Crippen LogP contribution in [0.25, 0.3) is 6.08 Å². The van der Waals surface area contributed by atoms with Gasteiger partial charge in [-0.1, -0.05) is 6.07 Å². The molecule has 0 unspecified atom stereocenters. The Morgan fingerprint density at radius 1 is 1.24 bits per heavy atom. The number of carbonyl (C=O) groups is 2. The van der Waals surface area contributed by atoms with Crippen LogP contribution in [-0.2, 0) is 0 Å². The summed E-state index contributed by atoms with van der Waals surface area (Å²) < 4.78 is 4.88. The maximum absolute atomic E-state index is 11.6. The number of furan rings is 1. The van der Waals surface area contributed by atoms with Crippen LogP contribution in [0.2, 0.25) is 0 Å². The first-order valence-corrected chi connectivity index (χ1v) is 5.64. The number of hydrogen-bond acceptors (Lipinski definition) is 4. The highest BCUT2D eigenvalue weighted by molar-refractivity contribution is 7.10. The van der Waals surface area contributed by atoms with Crippen molar-refractivity contribution >= 4 is 29.2 Å². The number of allylic oxidation sites excluding steroid dienone is 1. The molecule has 0 saturated heterocycles. The zero-order valence-corrected chi connectivity index (χ0v) is 9.44. The molecule has 0 amide bonds. The van der Waals surface area contributed by atoms with Crippen molar-refractivity contribution in [2.24, 2.45) is 0 Å². The summed E-state index contributed by atoms with van der Waals surface area (Å²) in [7, 11) is 0. The van der Waals surface area contributed by atoms with Crippen molar-refractivity contribution in [3.8, 4) is 0 Å². The summed E-state index contributed by atoms with van der Waals surface area (Å²) in [6, 6.07) is 6.36. The third-order valence-electron chi connectivity index (χ3n) is 2.00. The predicted molar refractivity (Wildman–Crippen MR) is 63.4 cm³/mol. The lowest BCUT2D eigenvalue weighted by molar-refractivity contribution is 0.0660. The minimum Gasteiger partial charge on any atom is -0.475 e. The van der Waals surface area contributed by atoms with Gasteiger partial charge in [0, 0.05) is 4.88 Å². The summed E-state index contributed by atoms with van der Waals surface area (Å²) in [5.41, 5.74) is 0. The lowest BCUT2D eigenvalue weighted by atomic mass is 10.2. The van der Waals surface area contributed by atoms with Crippen molar-refractivity contribution in [1.82, 2.24) is 0 Å². The van der Waals surface area contributed by atoms with Gasteiger partial charge in [-0.15, -0.1) is 11.3 Å². The maximum atomic E-state index is 11.6. The molecule has 0 fully saturated rings. The smallest absolute Gasteiger partial charge is 0.371 e. The Hall–Kier alpha value is -2.14. The van der Waals surface area contributed by atoms with Gasteiger partial charge >= 0.3 is 5.97 Å². The number of thiophene rings is 1. The highest BCUT2D eigenvalue weighted by Crippen LogP contribution is 2.13. The van der Waals surface area contributed by atoms with Crippen LogP contribution in [0.5, 0.6) is 0 Å². The van der Waals surface area contributed by atoms with Gasteiger partial charge in [-0.3, -0.25) is 4.79 Å². The van der Waals surface area contributed by atoms with Crippen molar-refractivity contribution < 1.29 is 19.1 Å². The number of hydrogen-bond donors (Lipinski definition) is 1. The number of aromatic carboxylic acids is 1. The lowest BCUT2D eigenvalue weighted by Crippen LogP contribution is -1.94. The second-order valence-corrected chi connectivity index (χ2v) is 4.16. The third-order valence-corrected chi connectivity index (χ3v) is 2.84. The molecule has 0 saturated carbocycles. The summed E-state index contributed by atoms with van der Waals surface area (Å²) in [4.78, 5) is 23.1. The number of carboxylic acid groups (broad SMARTS) is 1. The van der Waals surface area contributed by atoms with E-state index < -0.39 is 5.97 Å². The highest BCUT2D eigenvalue weighted by atomic mass is 32.1. The van der Waals surface area contributed by atoms with Crippen LogP contribution in [0.15, 0.2) is 40.1 Å². The van der Waals surface area contributed by atoms with Crippen LogP contribution in [0.4, 0.5) is 0 Å². The fourth-order valence-electron chi connectivity index (χ4n) is 1.21. The quantitative estimate of drug-likeness (QED) is 0.667. The molecular formula is C12H8O4S. The van der Waals surface area contributed by atoms with E-state index in [2.05, 4.69) is 0 Å². The first-order chi connectivity index (χ1) is 8.16. The number of carboxylic acids is 1. The molecule has 0 radical (unpaired) electrons. The van der Waals surface area contributed by atoms with Gasteiger partial charge in [-0.2, -0.15) is 0 Å². The van der Waals surface area contributed by atoms with E-state index >= 15 is 0 Å². The van der Waals surface area contributed by atoms with Crippen LogP contribution >= 0.6 is 11.3 Å². The Bertz CT molecular complexity index is 563. The number of rotatable bonds is 4. The van der Waals surface area contributed by atoms with E-state index in [-0.39, 0.29) is 17.3 Å². The molecule has 0 aromatic carbocycles. The molecule has 86 valence electrons. The van der Waals surface area contributed by atoms with Crippen LogP contribution in [0.3, 0.4) is 0 Å². The molecule has 0 bridgehead atoms. The van der Waals surface area contributed by atoms with Crippen molar-refractivity contribution in [2.45, 2.75) is 0 Å². The van der Waals surface area contributed by atoms with Crippen molar-refractivity contribution in [3.63, 3.8) is 0 Å². The number of ketones is 1. The summed E-state index contributed by atoms with van der Waals surface area (Å²) in [6.07, 6.45) is 3.02. The molecule has 0 aliphatic carbocycles. The monoisotopic (exact) mass is 248 g/mol. The summed E-state index contributed by atoms with van der Waals surface area (Å²) in [5, 5.41) is 10.5. The summed E-state index contributed by atoms with van der Waals surface area (Å²) in [6.45, 7) is 0. The molecule has 0 spiro atoms. The first kappa shape index (κ1) is 11.3. The van der Waals surface area contributed by atoms with Gasteiger partial charge in [-0.05, 0) is 35.7 Å². The molecule has 2 rings (SSSR count). The second kappa shape index (κ2) is 4.80. The third kappa shape index (κ3) is 2.70. The zero-order chi connectivity index (χ0) is 12.3. The van der Waals surface area contributed by atoms with Gasteiger partial charge < -0.3 is 9.52 Å². The Labute approximate surface area is 101 Å². The Morgan fingerprint density at radius 3 is 2.59 bits per heavy atom. The van der Waals surface area contributed by atoms with Gasteiger partial charge in [0.1, 0.15) is 0 Å². The molecule has 2 heterocycles. The largest absolute Gasteiger partial charge is 0.475 e. The summed E-state index contributed by atoms with van der Waals surface area (Å²) >= 11 is 1.51. The van der Waals surface area contributed by atoms with Gasteiger partial charge in [0.25, 0.3) is 0 Å². The Balaban J connectivity index is 2.12. The molecule has 1 N–H and O–H groups in total. The molecule has 4 nitrogen and oxygen atoms in total.